The fourth-order valence-electron chi connectivity index (χ4n) is 2.51. The number of phenols is 1. The number of rotatable bonds is 3. The third-order valence-electron chi connectivity index (χ3n) is 3.69. The van der Waals surface area contributed by atoms with E-state index in [4.69, 9.17) is 0 Å². The second-order valence-corrected chi connectivity index (χ2v) is 5.32. The fourth-order valence-corrected chi connectivity index (χ4v) is 2.51. The van der Waals surface area contributed by atoms with Crippen LogP contribution >= 0.6 is 0 Å². The normalized spacial score (nSPS) is 14.4. The Morgan fingerprint density at radius 2 is 1.86 bits per heavy atom. The summed E-state index contributed by atoms with van der Waals surface area (Å²) in [6.45, 7) is 3.81. The van der Waals surface area contributed by atoms with Crippen LogP contribution in [0.1, 0.15) is 34.3 Å². The highest BCUT2D eigenvalue weighted by atomic mass is 16.3. The molecule has 0 spiro atoms. The van der Waals surface area contributed by atoms with Gasteiger partial charge in [-0.15, -0.1) is 0 Å². The van der Waals surface area contributed by atoms with Crippen LogP contribution in [0.2, 0.25) is 0 Å². The van der Waals surface area contributed by atoms with Crippen molar-refractivity contribution in [1.29, 1.82) is 0 Å². The summed E-state index contributed by atoms with van der Waals surface area (Å²) in [5.41, 5.74) is 1.59. The summed E-state index contributed by atoms with van der Waals surface area (Å²) in [6.07, 6.45) is 5.37. The number of aromatic nitrogens is 2. The number of anilines is 1. The first-order valence-corrected chi connectivity index (χ1v) is 7.06. The molecule has 3 rings (SSSR count). The first-order chi connectivity index (χ1) is 10.1. The maximum Gasteiger partial charge on any atom is 0.225 e. The SMILES string of the molecule is Cc1ccc(O)c(C(=O)c2cnc(N3CCCC3)nc2)c1. The van der Waals surface area contributed by atoms with Crippen LogP contribution in [0.25, 0.3) is 0 Å². The molecule has 1 saturated heterocycles. The third-order valence-corrected chi connectivity index (χ3v) is 3.69. The van der Waals surface area contributed by atoms with Gasteiger partial charge in [0, 0.05) is 25.5 Å². The van der Waals surface area contributed by atoms with Crippen molar-refractivity contribution < 1.29 is 9.90 Å². The molecule has 21 heavy (non-hydrogen) atoms. The molecule has 5 nitrogen and oxygen atoms in total. The Labute approximate surface area is 123 Å². The van der Waals surface area contributed by atoms with E-state index in [1.54, 1.807) is 12.1 Å². The largest absolute Gasteiger partial charge is 0.507 e. The number of benzene rings is 1. The van der Waals surface area contributed by atoms with E-state index in [2.05, 4.69) is 14.9 Å². The zero-order valence-corrected chi connectivity index (χ0v) is 11.9. The van der Waals surface area contributed by atoms with Crippen LogP contribution in [-0.4, -0.2) is 33.9 Å². The van der Waals surface area contributed by atoms with Gasteiger partial charge in [-0.3, -0.25) is 4.79 Å². The lowest BCUT2D eigenvalue weighted by Crippen LogP contribution is -2.20. The minimum Gasteiger partial charge on any atom is -0.507 e. The van der Waals surface area contributed by atoms with Crippen molar-refractivity contribution in [1.82, 2.24) is 9.97 Å². The maximum absolute atomic E-state index is 12.4. The average Bonchev–Trinajstić information content (AvgIpc) is 3.03. The molecule has 0 saturated carbocycles. The first-order valence-electron chi connectivity index (χ1n) is 7.06. The Hall–Kier alpha value is -2.43. The molecule has 1 N–H and O–H groups in total. The number of aromatic hydroxyl groups is 1. The summed E-state index contributed by atoms with van der Waals surface area (Å²) in [5.74, 6) is 0.385. The van der Waals surface area contributed by atoms with Crippen molar-refractivity contribution in [2.24, 2.45) is 0 Å². The van der Waals surface area contributed by atoms with Crippen LogP contribution in [0.5, 0.6) is 5.75 Å². The lowest BCUT2D eigenvalue weighted by atomic mass is 10.0. The molecular formula is C16H17N3O2. The van der Waals surface area contributed by atoms with E-state index in [1.807, 2.05) is 6.92 Å². The summed E-state index contributed by atoms with van der Waals surface area (Å²) in [7, 11) is 0. The standard InChI is InChI=1S/C16H17N3O2/c1-11-4-5-14(20)13(8-11)15(21)12-9-17-16(18-10-12)19-6-2-3-7-19/h4-5,8-10,20H,2-3,6-7H2,1H3. The summed E-state index contributed by atoms with van der Waals surface area (Å²) in [4.78, 5) is 23.1. The summed E-state index contributed by atoms with van der Waals surface area (Å²) in [6, 6.07) is 4.97. The number of nitrogens with zero attached hydrogens (tertiary/aromatic N) is 3. The van der Waals surface area contributed by atoms with Gasteiger partial charge in [-0.2, -0.15) is 0 Å². The Bertz CT molecular complexity index is 662. The second-order valence-electron chi connectivity index (χ2n) is 5.32. The Kier molecular flexibility index (Phi) is 3.56. The number of carbonyl (C=O) groups is 1. The number of aryl methyl sites for hydroxylation is 1. The monoisotopic (exact) mass is 283 g/mol. The quantitative estimate of drug-likeness (QED) is 0.876. The van der Waals surface area contributed by atoms with Crippen molar-refractivity contribution in [2.45, 2.75) is 19.8 Å². The molecule has 1 fully saturated rings. The molecule has 2 heterocycles. The molecule has 1 aromatic carbocycles. The minimum atomic E-state index is -0.260. The number of ketones is 1. The van der Waals surface area contributed by atoms with Gasteiger partial charge < -0.3 is 10.0 Å². The zero-order chi connectivity index (χ0) is 14.8. The van der Waals surface area contributed by atoms with E-state index >= 15 is 0 Å². The lowest BCUT2D eigenvalue weighted by Gasteiger charge is -2.14. The average molecular weight is 283 g/mol. The fraction of sp³-hybridized carbons (Fsp3) is 0.312. The highest BCUT2D eigenvalue weighted by Crippen LogP contribution is 2.22. The number of carbonyl (C=O) groups excluding carboxylic acids is 1. The molecule has 108 valence electrons. The van der Waals surface area contributed by atoms with Crippen molar-refractivity contribution in [3.8, 4) is 5.75 Å². The zero-order valence-electron chi connectivity index (χ0n) is 11.9. The molecular weight excluding hydrogens is 266 g/mol. The lowest BCUT2D eigenvalue weighted by molar-refractivity contribution is 0.103. The topological polar surface area (TPSA) is 66.3 Å². The van der Waals surface area contributed by atoms with Gasteiger partial charge in [-0.05, 0) is 31.9 Å². The molecule has 0 unspecified atom stereocenters. The predicted molar refractivity (Wildman–Crippen MR) is 79.8 cm³/mol. The number of hydrogen-bond donors (Lipinski definition) is 1. The highest BCUT2D eigenvalue weighted by molar-refractivity contribution is 6.10. The van der Waals surface area contributed by atoms with Crippen molar-refractivity contribution in [2.75, 3.05) is 18.0 Å². The summed E-state index contributed by atoms with van der Waals surface area (Å²) in [5, 5.41) is 9.82. The van der Waals surface area contributed by atoms with Crippen LogP contribution in [0.3, 0.4) is 0 Å². The Balaban J connectivity index is 1.86. The van der Waals surface area contributed by atoms with E-state index in [1.165, 1.54) is 18.5 Å². The molecule has 0 bridgehead atoms. The molecule has 1 aliphatic rings. The van der Waals surface area contributed by atoms with Crippen LogP contribution in [0, 0.1) is 6.92 Å². The Morgan fingerprint density at radius 3 is 2.52 bits per heavy atom. The number of phenolic OH excluding ortho intramolecular Hbond substituents is 1. The van der Waals surface area contributed by atoms with E-state index in [9.17, 15) is 9.90 Å². The van der Waals surface area contributed by atoms with Gasteiger partial charge in [0.05, 0.1) is 11.1 Å². The molecule has 0 radical (unpaired) electrons. The summed E-state index contributed by atoms with van der Waals surface area (Å²) < 4.78 is 0. The van der Waals surface area contributed by atoms with Gasteiger partial charge in [0.25, 0.3) is 0 Å². The van der Waals surface area contributed by atoms with Gasteiger partial charge in [-0.1, -0.05) is 11.6 Å². The molecule has 5 heteroatoms. The van der Waals surface area contributed by atoms with Gasteiger partial charge in [-0.25, -0.2) is 9.97 Å². The first kappa shape index (κ1) is 13.5. The molecule has 0 atom stereocenters. The molecule has 1 aliphatic heterocycles. The van der Waals surface area contributed by atoms with Gasteiger partial charge in [0.2, 0.25) is 5.95 Å². The second kappa shape index (κ2) is 5.52. The molecule has 1 aromatic heterocycles. The molecule has 2 aromatic rings. The van der Waals surface area contributed by atoms with E-state index in [0.29, 0.717) is 11.5 Å². The third kappa shape index (κ3) is 2.72. The number of hydrogen-bond acceptors (Lipinski definition) is 5. The van der Waals surface area contributed by atoms with Crippen molar-refractivity contribution in [3.63, 3.8) is 0 Å². The molecule has 0 amide bonds. The highest BCUT2D eigenvalue weighted by Gasteiger charge is 2.17. The Morgan fingerprint density at radius 1 is 1.19 bits per heavy atom. The predicted octanol–water partition coefficient (Wildman–Crippen LogP) is 2.32. The minimum absolute atomic E-state index is 0.0192. The molecule has 0 aliphatic carbocycles. The van der Waals surface area contributed by atoms with Crippen molar-refractivity contribution >= 4 is 11.7 Å². The maximum atomic E-state index is 12.4. The van der Waals surface area contributed by atoms with Crippen molar-refractivity contribution in [3.05, 3.63) is 47.3 Å². The summed E-state index contributed by atoms with van der Waals surface area (Å²) >= 11 is 0. The smallest absolute Gasteiger partial charge is 0.225 e. The van der Waals surface area contributed by atoms with Gasteiger partial charge >= 0.3 is 0 Å². The van der Waals surface area contributed by atoms with Crippen LogP contribution < -0.4 is 4.90 Å². The van der Waals surface area contributed by atoms with Crippen LogP contribution in [-0.2, 0) is 0 Å². The van der Waals surface area contributed by atoms with E-state index in [-0.39, 0.29) is 17.1 Å². The van der Waals surface area contributed by atoms with Crippen LogP contribution in [0.15, 0.2) is 30.6 Å². The van der Waals surface area contributed by atoms with Gasteiger partial charge in [0.1, 0.15) is 5.75 Å². The van der Waals surface area contributed by atoms with E-state index in [0.717, 1.165) is 31.5 Å². The van der Waals surface area contributed by atoms with Gasteiger partial charge in [0.15, 0.2) is 5.78 Å². The van der Waals surface area contributed by atoms with Crippen LogP contribution in [0.4, 0.5) is 5.95 Å². The van der Waals surface area contributed by atoms with E-state index < -0.39 is 0 Å².